The van der Waals surface area contributed by atoms with Crippen LogP contribution in [0.1, 0.15) is 46.0 Å². The first-order chi connectivity index (χ1) is 8.22. The lowest BCUT2D eigenvalue weighted by Gasteiger charge is -2.37. The van der Waals surface area contributed by atoms with Crippen molar-refractivity contribution in [3.8, 4) is 0 Å². The van der Waals surface area contributed by atoms with E-state index in [1.54, 1.807) is 0 Å². The van der Waals surface area contributed by atoms with Crippen molar-refractivity contribution in [2.45, 2.75) is 46.0 Å². The second-order valence-electron chi connectivity index (χ2n) is 5.14. The Morgan fingerprint density at radius 3 is 2.71 bits per heavy atom. The highest BCUT2D eigenvalue weighted by atomic mass is 16.2. The van der Waals surface area contributed by atoms with Crippen molar-refractivity contribution in [2.75, 3.05) is 26.2 Å². The van der Waals surface area contributed by atoms with Gasteiger partial charge in [0.1, 0.15) is 0 Å². The zero-order chi connectivity index (χ0) is 12.6. The molecule has 1 heterocycles. The molecule has 0 aliphatic carbocycles. The molecule has 17 heavy (non-hydrogen) atoms. The summed E-state index contributed by atoms with van der Waals surface area (Å²) in [4.78, 5) is 11.5. The van der Waals surface area contributed by atoms with Gasteiger partial charge in [0.15, 0.2) is 0 Å². The van der Waals surface area contributed by atoms with Gasteiger partial charge < -0.3 is 16.0 Å². The van der Waals surface area contributed by atoms with Crippen LogP contribution in [0.2, 0.25) is 0 Å². The highest BCUT2D eigenvalue weighted by Gasteiger charge is 2.31. The number of hydrogen-bond acceptors (Lipinski definition) is 2. The second-order valence-corrected chi connectivity index (χ2v) is 5.14. The zero-order valence-electron chi connectivity index (χ0n) is 11.3. The van der Waals surface area contributed by atoms with Gasteiger partial charge in [0, 0.05) is 25.0 Å². The van der Waals surface area contributed by atoms with Crippen molar-refractivity contribution in [1.29, 1.82) is 0 Å². The fourth-order valence-electron chi connectivity index (χ4n) is 2.58. The molecule has 1 fully saturated rings. The van der Waals surface area contributed by atoms with Crippen molar-refractivity contribution in [2.24, 2.45) is 5.41 Å². The molecule has 2 amide bonds. The van der Waals surface area contributed by atoms with E-state index in [2.05, 4.69) is 29.8 Å². The molecule has 1 rings (SSSR count). The Morgan fingerprint density at radius 1 is 1.29 bits per heavy atom. The Bertz CT molecular complexity index is 219. The van der Waals surface area contributed by atoms with Gasteiger partial charge in [-0.2, -0.15) is 0 Å². The van der Waals surface area contributed by atoms with E-state index in [1.165, 1.54) is 25.7 Å². The summed E-state index contributed by atoms with van der Waals surface area (Å²) >= 11 is 0. The van der Waals surface area contributed by atoms with E-state index >= 15 is 0 Å². The number of rotatable bonds is 6. The third kappa shape index (κ3) is 4.94. The molecule has 4 nitrogen and oxygen atoms in total. The van der Waals surface area contributed by atoms with Gasteiger partial charge in [-0.3, -0.25) is 0 Å². The predicted molar refractivity (Wildman–Crippen MR) is 71.1 cm³/mol. The second kappa shape index (κ2) is 7.54. The molecule has 0 aromatic carbocycles. The van der Waals surface area contributed by atoms with Crippen molar-refractivity contribution in [3.63, 3.8) is 0 Å². The van der Waals surface area contributed by atoms with Gasteiger partial charge >= 0.3 is 6.03 Å². The number of hydrogen-bond donors (Lipinski definition) is 3. The first kappa shape index (κ1) is 14.3. The van der Waals surface area contributed by atoms with Crippen LogP contribution < -0.4 is 16.0 Å². The number of carbonyl (C=O) groups excluding carboxylic acids is 1. The highest BCUT2D eigenvalue weighted by Crippen LogP contribution is 2.30. The zero-order valence-corrected chi connectivity index (χ0v) is 11.3. The quantitative estimate of drug-likeness (QED) is 0.665. The van der Waals surface area contributed by atoms with Crippen LogP contribution in [0.3, 0.4) is 0 Å². The number of nitrogens with one attached hydrogen (secondary N) is 3. The van der Waals surface area contributed by atoms with E-state index in [4.69, 9.17) is 0 Å². The van der Waals surface area contributed by atoms with E-state index < -0.39 is 0 Å². The van der Waals surface area contributed by atoms with Gasteiger partial charge in [-0.25, -0.2) is 4.79 Å². The Kier molecular flexibility index (Phi) is 6.34. The Balaban J connectivity index is 2.35. The third-order valence-electron chi connectivity index (χ3n) is 3.50. The van der Waals surface area contributed by atoms with Crippen LogP contribution in [-0.2, 0) is 0 Å². The van der Waals surface area contributed by atoms with Gasteiger partial charge in [-0.15, -0.1) is 0 Å². The van der Waals surface area contributed by atoms with Gasteiger partial charge in [0.25, 0.3) is 0 Å². The minimum atomic E-state index is -0.0205. The molecule has 1 saturated heterocycles. The van der Waals surface area contributed by atoms with Crippen molar-refractivity contribution in [1.82, 2.24) is 16.0 Å². The first-order valence-electron chi connectivity index (χ1n) is 6.95. The van der Waals surface area contributed by atoms with Crippen molar-refractivity contribution >= 4 is 6.03 Å². The fourth-order valence-corrected chi connectivity index (χ4v) is 2.58. The number of urea groups is 1. The summed E-state index contributed by atoms with van der Waals surface area (Å²) < 4.78 is 0. The average molecular weight is 241 g/mol. The molecular formula is C13H27N3O. The van der Waals surface area contributed by atoms with Crippen LogP contribution in [0.4, 0.5) is 4.79 Å². The summed E-state index contributed by atoms with van der Waals surface area (Å²) in [7, 11) is 0. The first-order valence-corrected chi connectivity index (χ1v) is 6.95. The van der Waals surface area contributed by atoms with Gasteiger partial charge in [-0.1, -0.05) is 20.3 Å². The summed E-state index contributed by atoms with van der Waals surface area (Å²) in [6.07, 6.45) is 5.79. The standard InChI is InChI=1S/C13H27N3O/c1-3-6-13(7-5-9-14-10-13)11-16-12(17)15-8-4-2/h14H,3-11H2,1-2H3,(H2,15,16,17). The maximum atomic E-state index is 11.5. The predicted octanol–water partition coefficient (Wildman–Crippen LogP) is 1.87. The normalized spacial score (nSPS) is 24.4. The Hall–Kier alpha value is -0.770. The van der Waals surface area contributed by atoms with Gasteiger partial charge in [0.2, 0.25) is 0 Å². The molecule has 3 N–H and O–H groups in total. The molecule has 0 saturated carbocycles. The lowest BCUT2D eigenvalue weighted by molar-refractivity contribution is 0.180. The lowest BCUT2D eigenvalue weighted by atomic mass is 9.77. The van der Waals surface area contributed by atoms with Crippen LogP contribution in [0, 0.1) is 5.41 Å². The minimum Gasteiger partial charge on any atom is -0.338 e. The van der Waals surface area contributed by atoms with E-state index in [0.29, 0.717) is 0 Å². The molecule has 100 valence electrons. The van der Waals surface area contributed by atoms with Crippen LogP contribution in [0.15, 0.2) is 0 Å². The van der Waals surface area contributed by atoms with E-state index in [0.717, 1.165) is 32.6 Å². The maximum absolute atomic E-state index is 11.5. The Labute approximate surface area is 105 Å². The SMILES string of the molecule is CCCNC(=O)NCC1(CCC)CCCNC1. The third-order valence-corrected chi connectivity index (χ3v) is 3.50. The highest BCUT2D eigenvalue weighted by molar-refractivity contribution is 5.73. The molecule has 0 aromatic rings. The topological polar surface area (TPSA) is 53.2 Å². The fraction of sp³-hybridized carbons (Fsp3) is 0.923. The van der Waals surface area contributed by atoms with Crippen molar-refractivity contribution < 1.29 is 4.79 Å². The van der Waals surface area contributed by atoms with Crippen LogP contribution >= 0.6 is 0 Å². The van der Waals surface area contributed by atoms with Crippen LogP contribution in [0.5, 0.6) is 0 Å². The van der Waals surface area contributed by atoms with Crippen LogP contribution in [0.25, 0.3) is 0 Å². The number of piperidine rings is 1. The molecule has 1 atom stereocenters. The summed E-state index contributed by atoms with van der Waals surface area (Å²) in [5.74, 6) is 0. The minimum absolute atomic E-state index is 0.0205. The summed E-state index contributed by atoms with van der Waals surface area (Å²) in [6, 6.07) is -0.0205. The van der Waals surface area contributed by atoms with Gasteiger partial charge in [0.05, 0.1) is 0 Å². The summed E-state index contributed by atoms with van der Waals surface area (Å²) in [5.41, 5.74) is 0.274. The molecule has 0 radical (unpaired) electrons. The molecule has 1 aliphatic rings. The molecule has 1 unspecified atom stereocenters. The molecule has 0 aromatic heterocycles. The largest absolute Gasteiger partial charge is 0.338 e. The lowest BCUT2D eigenvalue weighted by Crippen LogP contribution is -2.49. The summed E-state index contributed by atoms with van der Waals surface area (Å²) in [6.45, 7) is 7.98. The molecule has 0 spiro atoms. The average Bonchev–Trinajstić information content (AvgIpc) is 2.35. The van der Waals surface area contributed by atoms with E-state index in [-0.39, 0.29) is 11.4 Å². The number of carbonyl (C=O) groups is 1. The number of amides is 2. The summed E-state index contributed by atoms with van der Waals surface area (Å²) in [5, 5.41) is 9.34. The van der Waals surface area contributed by atoms with Crippen LogP contribution in [-0.4, -0.2) is 32.2 Å². The van der Waals surface area contributed by atoms with Crippen molar-refractivity contribution in [3.05, 3.63) is 0 Å². The molecular weight excluding hydrogens is 214 g/mol. The van der Waals surface area contributed by atoms with E-state index in [1.807, 2.05) is 0 Å². The van der Waals surface area contributed by atoms with Gasteiger partial charge in [-0.05, 0) is 32.2 Å². The maximum Gasteiger partial charge on any atom is 0.314 e. The molecule has 4 heteroatoms. The monoisotopic (exact) mass is 241 g/mol. The smallest absolute Gasteiger partial charge is 0.314 e. The Morgan fingerprint density at radius 2 is 2.12 bits per heavy atom. The van der Waals surface area contributed by atoms with E-state index in [9.17, 15) is 4.79 Å². The molecule has 0 bridgehead atoms. The molecule has 1 aliphatic heterocycles.